The van der Waals surface area contributed by atoms with Crippen molar-refractivity contribution < 1.29 is 53.8 Å². The first-order valence-corrected chi connectivity index (χ1v) is 65.5. The minimum atomic E-state index is -2.39. The van der Waals surface area contributed by atoms with Crippen molar-refractivity contribution in [3.8, 4) is 0 Å². The van der Waals surface area contributed by atoms with Crippen molar-refractivity contribution in [2.45, 2.75) is 210 Å². The first-order valence-electron chi connectivity index (χ1n) is 24.0. The highest BCUT2D eigenvalue weighted by Gasteiger charge is 2.46. The van der Waals surface area contributed by atoms with Gasteiger partial charge in [-0.25, -0.2) is 0 Å². The lowest BCUT2D eigenvalue weighted by Crippen LogP contribution is -2.55. The molecule has 371 valence electrons. The molecular weight excluding hydrogens is 1080 g/mol. The first-order chi connectivity index (χ1) is 28.6. The van der Waals surface area contributed by atoms with E-state index < -0.39 is 151 Å². The van der Waals surface area contributed by atoms with E-state index in [1.165, 1.54) is 5.67 Å². The SMILES string of the molecule is CC1C[SiH](C)O[SiH](C)O[Si](CC[Si](C)(C)O[Si](C)(C)O[Si](C)(C)CC[Si]2O[SiH](C)C[Si](C)(CC[Si](C)(C)O[Si](C)(C)O[Si](C)(C)CC[Si]3O[SiH](C)C[SiH](C)O[SiH](C)O3)O[SiH](C)O2)O1. The summed E-state index contributed by atoms with van der Waals surface area (Å²) in [6, 6.07) is 9.18. The standard InChI is InChI=1S/C33H93O13Si17/c1-33-30-47(2)35-51(6)39-54(34-33)22-25-57(9,10)43-61(17,18)44-59(13,14)27-24-56-38-50(5)32-63(21,42-53(8)41-56)29-28-60(15,16)46-62(19,20)45-58(11,12)26-23-55-37-49(4)31-48(3)36-52(7)40-55/h33,47-53H,22-32H2,1-21H3. The van der Waals surface area contributed by atoms with E-state index in [4.69, 9.17) is 53.8 Å². The Balaban J connectivity index is 1.47. The maximum absolute atomic E-state index is 7.12. The summed E-state index contributed by atoms with van der Waals surface area (Å²) < 4.78 is 87.6. The van der Waals surface area contributed by atoms with E-state index in [2.05, 4.69) is 138 Å². The van der Waals surface area contributed by atoms with Crippen LogP contribution in [0.3, 0.4) is 0 Å². The highest BCUT2D eigenvalue weighted by molar-refractivity contribution is 6.92. The molecule has 0 N–H and O–H groups in total. The third kappa shape index (κ3) is 24.9. The summed E-state index contributed by atoms with van der Waals surface area (Å²) in [5, 5.41) is 0. The Morgan fingerprint density at radius 1 is 0.508 bits per heavy atom. The molecule has 0 amide bonds. The molecule has 3 radical (unpaired) electrons. The maximum Gasteiger partial charge on any atom is 0.374 e. The van der Waals surface area contributed by atoms with Crippen molar-refractivity contribution >= 4 is 151 Å². The zero-order chi connectivity index (χ0) is 47.8. The summed E-state index contributed by atoms with van der Waals surface area (Å²) in [6.07, 6.45) is 0.220. The van der Waals surface area contributed by atoms with Gasteiger partial charge < -0.3 is 53.8 Å². The Hall–Kier alpha value is 3.17. The lowest BCUT2D eigenvalue weighted by Gasteiger charge is -2.42. The molecule has 0 aromatic rings. The fraction of sp³-hybridized carbons (Fsp3) is 1.00. The topological polar surface area (TPSA) is 120 Å². The fourth-order valence-electron chi connectivity index (χ4n) is 9.48. The van der Waals surface area contributed by atoms with Crippen molar-refractivity contribution in [2.24, 2.45) is 0 Å². The molecule has 0 spiro atoms. The molecule has 0 saturated carbocycles. The van der Waals surface area contributed by atoms with Crippen molar-refractivity contribution in [3.05, 3.63) is 0 Å². The van der Waals surface area contributed by atoms with Crippen LogP contribution in [0.4, 0.5) is 0 Å². The smallest absolute Gasteiger partial charge is 0.374 e. The van der Waals surface area contributed by atoms with Crippen molar-refractivity contribution in [1.82, 2.24) is 0 Å². The van der Waals surface area contributed by atoms with Gasteiger partial charge >= 0.3 is 45.0 Å². The second-order valence-corrected chi connectivity index (χ2v) is 76.4. The second kappa shape index (κ2) is 25.7. The van der Waals surface area contributed by atoms with Crippen LogP contribution in [0.2, 0.25) is 197 Å². The molecule has 3 heterocycles. The van der Waals surface area contributed by atoms with Gasteiger partial charge in [0, 0.05) is 6.10 Å². The Labute approximate surface area is 410 Å². The van der Waals surface area contributed by atoms with E-state index in [1.54, 1.807) is 0 Å². The summed E-state index contributed by atoms with van der Waals surface area (Å²) in [6.45, 7) is 48.3. The van der Waals surface area contributed by atoms with Crippen LogP contribution in [-0.4, -0.2) is 157 Å². The van der Waals surface area contributed by atoms with Gasteiger partial charge in [-0.15, -0.1) is 0 Å². The lowest BCUT2D eigenvalue weighted by atomic mass is 10.5. The predicted molar refractivity (Wildman–Crippen MR) is 301 cm³/mol. The van der Waals surface area contributed by atoms with Gasteiger partial charge in [-0.1, -0.05) is 0 Å². The Morgan fingerprint density at radius 2 is 0.905 bits per heavy atom. The predicted octanol–water partition coefficient (Wildman–Crippen LogP) is 7.94. The number of rotatable bonds is 20. The highest BCUT2D eigenvalue weighted by atomic mass is 28.5. The van der Waals surface area contributed by atoms with Crippen LogP contribution in [0.1, 0.15) is 6.92 Å². The molecule has 30 heteroatoms. The van der Waals surface area contributed by atoms with Crippen LogP contribution in [0.5, 0.6) is 0 Å². The monoisotopic (exact) mass is 1170 g/mol. The van der Waals surface area contributed by atoms with Crippen LogP contribution in [0.25, 0.3) is 0 Å². The maximum atomic E-state index is 7.12. The quantitative estimate of drug-likeness (QED) is 0.110. The summed E-state index contributed by atoms with van der Waals surface area (Å²) in [7, 11) is -29.2. The zero-order valence-electron chi connectivity index (χ0n) is 43.7. The molecule has 0 aliphatic carbocycles. The average molecular weight is 1180 g/mol. The van der Waals surface area contributed by atoms with Gasteiger partial charge in [0.25, 0.3) is 27.9 Å². The number of hydrogen-bond donors (Lipinski definition) is 0. The molecule has 3 saturated heterocycles. The molecule has 3 rings (SSSR count). The van der Waals surface area contributed by atoms with Gasteiger partial charge in [0.15, 0.2) is 77.7 Å². The van der Waals surface area contributed by atoms with Gasteiger partial charge in [0.2, 0.25) is 0 Å². The van der Waals surface area contributed by atoms with Crippen molar-refractivity contribution in [1.29, 1.82) is 0 Å². The second-order valence-electron chi connectivity index (χ2n) is 22.3. The highest BCUT2D eigenvalue weighted by Crippen LogP contribution is 2.34. The molecule has 9 unspecified atom stereocenters. The molecule has 0 bridgehead atoms. The third-order valence-corrected chi connectivity index (χ3v) is 75.1. The van der Waals surface area contributed by atoms with Crippen LogP contribution >= 0.6 is 0 Å². The minimum absolute atomic E-state index is 0.220. The average Bonchev–Trinajstić information content (AvgIpc) is 3.03. The van der Waals surface area contributed by atoms with E-state index >= 15 is 0 Å². The van der Waals surface area contributed by atoms with E-state index in [-0.39, 0.29) is 6.10 Å². The summed E-state index contributed by atoms with van der Waals surface area (Å²) in [5.74, 6) is 0. The van der Waals surface area contributed by atoms with Gasteiger partial charge in [-0.2, -0.15) is 0 Å². The zero-order valence-corrected chi connectivity index (χ0v) is 61.8. The molecule has 0 aromatic heterocycles. The molecule has 13 nitrogen and oxygen atoms in total. The van der Waals surface area contributed by atoms with Gasteiger partial charge in [-0.05, 0) is 204 Å². The molecule has 0 aromatic carbocycles. The number of hydrogen-bond acceptors (Lipinski definition) is 13. The summed E-state index contributed by atoms with van der Waals surface area (Å²) >= 11 is 0. The summed E-state index contributed by atoms with van der Waals surface area (Å²) in [4.78, 5) is 0. The van der Waals surface area contributed by atoms with E-state index in [9.17, 15) is 0 Å². The van der Waals surface area contributed by atoms with Crippen molar-refractivity contribution in [3.63, 3.8) is 0 Å². The third-order valence-electron chi connectivity index (χ3n) is 11.4. The van der Waals surface area contributed by atoms with Gasteiger partial charge in [0.05, 0.1) is 0 Å². The molecule has 63 heavy (non-hydrogen) atoms. The fourth-order valence-corrected chi connectivity index (χ4v) is 87.5. The molecule has 3 aliphatic rings. The van der Waals surface area contributed by atoms with E-state index in [0.29, 0.717) is 0 Å². The van der Waals surface area contributed by atoms with Crippen LogP contribution in [-0.2, 0) is 53.8 Å². The normalized spacial score (nSPS) is 31.8. The Bertz CT molecular complexity index is 1340. The molecule has 9 atom stereocenters. The van der Waals surface area contributed by atoms with Gasteiger partial charge in [-0.3, -0.25) is 0 Å². The molecule has 3 fully saturated rings. The summed E-state index contributed by atoms with van der Waals surface area (Å²) in [5.41, 5.74) is 2.33. The van der Waals surface area contributed by atoms with Crippen LogP contribution in [0.15, 0.2) is 0 Å². The molecular formula is C33H93O13Si17. The van der Waals surface area contributed by atoms with Crippen LogP contribution in [0, 0.1) is 0 Å². The largest absolute Gasteiger partial charge is 0.442 e. The van der Waals surface area contributed by atoms with Gasteiger partial charge in [0.1, 0.15) is 0 Å². The van der Waals surface area contributed by atoms with E-state index in [0.717, 1.165) is 60.1 Å². The van der Waals surface area contributed by atoms with E-state index in [1.807, 2.05) is 0 Å². The Kier molecular flexibility index (Phi) is 24.7. The minimum Gasteiger partial charge on any atom is -0.442 e. The molecule has 3 aliphatic heterocycles. The van der Waals surface area contributed by atoms with Crippen LogP contribution < -0.4 is 0 Å². The Morgan fingerprint density at radius 3 is 1.40 bits per heavy atom. The van der Waals surface area contributed by atoms with Crippen molar-refractivity contribution in [2.75, 3.05) is 0 Å². The first kappa shape index (κ1) is 60.5. The lowest BCUT2D eigenvalue weighted by molar-refractivity contribution is 0.184.